The number of likely N-dealkylation sites (N-methyl/N-ethyl adjacent to an activating group) is 1. The van der Waals surface area contributed by atoms with Crippen LogP contribution in [0.15, 0.2) is 12.0 Å². The Morgan fingerprint density at radius 2 is 2.62 bits per heavy atom. The Morgan fingerprint density at radius 3 is 2.75 bits per heavy atom. The fraction of sp³-hybridized carbons (Fsp3) is 0.500. The molecule has 1 aliphatic heterocycles. The highest BCUT2D eigenvalue weighted by atomic mass is 35.5. The van der Waals surface area contributed by atoms with Gasteiger partial charge < -0.3 is 5.43 Å². The minimum absolute atomic E-state index is 0.339. The lowest BCUT2D eigenvalue weighted by atomic mass is 10.6. The Labute approximate surface area is 51.9 Å². The molecule has 0 saturated carbocycles. The Kier molecular flexibility index (Phi) is 1.40. The zero-order valence-electron chi connectivity index (χ0n) is 4.36. The molecule has 0 spiro atoms. The Morgan fingerprint density at radius 1 is 2.00 bits per heavy atom. The largest absolute Gasteiger partial charge is 0.322 e. The van der Waals surface area contributed by atoms with Crippen molar-refractivity contribution in [3.05, 3.63) is 12.0 Å². The van der Waals surface area contributed by atoms with E-state index in [0.29, 0.717) is 0 Å². The first kappa shape index (κ1) is 5.85. The van der Waals surface area contributed by atoms with Crippen molar-refractivity contribution in [3.8, 4) is 0 Å². The number of rotatable bonds is 0. The number of alkyl halides is 1. The van der Waals surface area contributed by atoms with E-state index in [0.717, 1.165) is 0 Å². The lowest BCUT2D eigenvalue weighted by Crippen LogP contribution is -2.30. The number of hydrazine groups is 1. The highest BCUT2D eigenvalue weighted by Gasteiger charge is 2.20. The summed E-state index contributed by atoms with van der Waals surface area (Å²) in [5.41, 5.74) is 1.95. The molecular weight excluding hydrogens is 131 g/mol. The molecule has 0 fully saturated rings. The van der Waals surface area contributed by atoms with Crippen LogP contribution in [-0.4, -0.2) is 17.6 Å². The summed E-state index contributed by atoms with van der Waals surface area (Å²) in [4.78, 5) is 0. The van der Waals surface area contributed by atoms with Gasteiger partial charge in [-0.05, 0) is 0 Å². The number of nitrogens with one attached hydrogen (secondary N) is 1. The molecular formula is C4H6ClFN2. The molecule has 0 aromatic carbocycles. The van der Waals surface area contributed by atoms with E-state index >= 15 is 0 Å². The highest BCUT2D eigenvalue weighted by molar-refractivity contribution is 6.21. The lowest BCUT2D eigenvalue weighted by molar-refractivity contribution is 0.290. The topological polar surface area (TPSA) is 15.3 Å². The van der Waals surface area contributed by atoms with Crippen molar-refractivity contribution in [2.24, 2.45) is 0 Å². The molecule has 1 N–H and O–H groups in total. The number of hydrogen-bond donors (Lipinski definition) is 1. The summed E-state index contributed by atoms with van der Waals surface area (Å²) >= 11 is 5.43. The second-order valence-electron chi connectivity index (χ2n) is 1.61. The predicted octanol–water partition coefficient (Wildman–Crippen LogP) is 0.812. The quantitative estimate of drug-likeness (QED) is 0.392. The summed E-state index contributed by atoms with van der Waals surface area (Å²) in [5, 5.41) is 1.47. The number of hydrogen-bond acceptors (Lipinski definition) is 2. The maximum Gasteiger partial charge on any atom is 0.155 e. The van der Waals surface area contributed by atoms with Gasteiger partial charge in [-0.2, -0.15) is 0 Å². The van der Waals surface area contributed by atoms with Crippen molar-refractivity contribution >= 4 is 11.6 Å². The average Bonchev–Trinajstić information content (AvgIpc) is 1.98. The van der Waals surface area contributed by atoms with Gasteiger partial charge in [-0.15, -0.1) is 0 Å². The van der Waals surface area contributed by atoms with Crippen LogP contribution in [0, 0.1) is 0 Å². The molecule has 0 bridgehead atoms. The first-order valence-corrected chi connectivity index (χ1v) is 2.64. The summed E-state index contributed by atoms with van der Waals surface area (Å²) in [6, 6.07) is 0. The summed E-state index contributed by atoms with van der Waals surface area (Å²) in [7, 11) is 1.67. The number of nitrogens with zero attached hydrogens (tertiary/aromatic N) is 1. The van der Waals surface area contributed by atoms with Gasteiger partial charge in [-0.25, -0.2) is 9.40 Å². The van der Waals surface area contributed by atoms with Crippen LogP contribution in [-0.2, 0) is 0 Å². The van der Waals surface area contributed by atoms with E-state index in [4.69, 9.17) is 11.6 Å². The average molecular weight is 137 g/mol. The van der Waals surface area contributed by atoms with Gasteiger partial charge in [-0.3, -0.25) is 0 Å². The van der Waals surface area contributed by atoms with Crippen LogP contribution in [0.25, 0.3) is 0 Å². The maximum absolute atomic E-state index is 12.2. The van der Waals surface area contributed by atoms with Crippen LogP contribution < -0.4 is 5.43 Å². The summed E-state index contributed by atoms with van der Waals surface area (Å²) in [6.45, 7) is 0. The fourth-order valence-electron chi connectivity index (χ4n) is 0.483. The minimum Gasteiger partial charge on any atom is -0.322 e. The third-order valence-electron chi connectivity index (χ3n) is 0.974. The van der Waals surface area contributed by atoms with Crippen LogP contribution in [0.2, 0.25) is 0 Å². The molecule has 1 heterocycles. The van der Waals surface area contributed by atoms with E-state index in [1.165, 1.54) is 11.2 Å². The molecule has 0 aromatic heterocycles. The molecule has 0 aromatic rings. The summed E-state index contributed by atoms with van der Waals surface area (Å²) in [6.07, 6.45) is 1.23. The SMILES string of the molecule is CN1NC=C(F)C1Cl. The molecule has 4 heteroatoms. The van der Waals surface area contributed by atoms with Crippen LogP contribution >= 0.6 is 11.6 Å². The van der Waals surface area contributed by atoms with Crippen LogP contribution in [0.3, 0.4) is 0 Å². The molecule has 46 valence electrons. The minimum atomic E-state index is -0.630. The molecule has 1 atom stereocenters. The molecule has 0 radical (unpaired) electrons. The monoisotopic (exact) mass is 136 g/mol. The zero-order chi connectivity index (χ0) is 6.15. The van der Waals surface area contributed by atoms with Crippen LogP contribution in [0.1, 0.15) is 0 Å². The molecule has 8 heavy (non-hydrogen) atoms. The molecule has 1 rings (SSSR count). The Bertz CT molecular complexity index is 125. The fourth-order valence-corrected chi connectivity index (χ4v) is 0.602. The van der Waals surface area contributed by atoms with E-state index in [9.17, 15) is 4.39 Å². The molecule has 0 amide bonds. The van der Waals surface area contributed by atoms with Gasteiger partial charge >= 0.3 is 0 Å². The first-order valence-electron chi connectivity index (χ1n) is 2.20. The van der Waals surface area contributed by atoms with Gasteiger partial charge in [0.1, 0.15) is 0 Å². The van der Waals surface area contributed by atoms with Crippen molar-refractivity contribution in [2.45, 2.75) is 5.50 Å². The maximum atomic E-state index is 12.2. The van der Waals surface area contributed by atoms with Crippen molar-refractivity contribution in [1.29, 1.82) is 0 Å². The van der Waals surface area contributed by atoms with Crippen LogP contribution in [0.5, 0.6) is 0 Å². The van der Waals surface area contributed by atoms with E-state index in [1.807, 2.05) is 0 Å². The molecule has 0 aliphatic carbocycles. The van der Waals surface area contributed by atoms with E-state index < -0.39 is 5.50 Å². The molecule has 1 unspecified atom stereocenters. The second-order valence-corrected chi connectivity index (χ2v) is 2.02. The van der Waals surface area contributed by atoms with Crippen molar-refractivity contribution in [1.82, 2.24) is 10.4 Å². The van der Waals surface area contributed by atoms with Gasteiger partial charge in [0.25, 0.3) is 0 Å². The molecule has 1 aliphatic rings. The van der Waals surface area contributed by atoms with Crippen LogP contribution in [0.4, 0.5) is 4.39 Å². The van der Waals surface area contributed by atoms with E-state index in [1.54, 1.807) is 7.05 Å². The molecule has 0 saturated heterocycles. The van der Waals surface area contributed by atoms with Gasteiger partial charge in [-0.1, -0.05) is 11.6 Å². The number of halogens is 2. The summed E-state index contributed by atoms with van der Waals surface area (Å²) in [5.74, 6) is -0.339. The van der Waals surface area contributed by atoms with Crippen molar-refractivity contribution in [2.75, 3.05) is 7.05 Å². The third-order valence-corrected chi connectivity index (χ3v) is 1.47. The Hall–Kier alpha value is -0.280. The smallest absolute Gasteiger partial charge is 0.155 e. The zero-order valence-corrected chi connectivity index (χ0v) is 5.11. The van der Waals surface area contributed by atoms with Crippen molar-refractivity contribution in [3.63, 3.8) is 0 Å². The van der Waals surface area contributed by atoms with Gasteiger partial charge in [0.05, 0.1) is 0 Å². The predicted molar refractivity (Wildman–Crippen MR) is 29.7 cm³/mol. The van der Waals surface area contributed by atoms with Gasteiger partial charge in [0.2, 0.25) is 0 Å². The first-order chi connectivity index (χ1) is 3.72. The third kappa shape index (κ3) is 0.788. The highest BCUT2D eigenvalue weighted by Crippen LogP contribution is 2.16. The standard InChI is InChI=1S/C4H6ClFN2/c1-8-4(5)3(6)2-7-8/h2,4,7H,1H3. The van der Waals surface area contributed by atoms with E-state index in [-0.39, 0.29) is 5.83 Å². The summed E-state index contributed by atoms with van der Waals surface area (Å²) < 4.78 is 12.2. The Balaban J connectivity index is 2.59. The molecule has 2 nitrogen and oxygen atoms in total. The second kappa shape index (κ2) is 1.91. The van der Waals surface area contributed by atoms with Gasteiger partial charge in [0.15, 0.2) is 11.3 Å². The lowest BCUT2D eigenvalue weighted by Gasteiger charge is -2.11. The van der Waals surface area contributed by atoms with Crippen molar-refractivity contribution < 1.29 is 4.39 Å². The van der Waals surface area contributed by atoms with Gasteiger partial charge in [0, 0.05) is 13.2 Å². The van der Waals surface area contributed by atoms with E-state index in [2.05, 4.69) is 5.43 Å². The normalized spacial score (nSPS) is 29.9.